The summed E-state index contributed by atoms with van der Waals surface area (Å²) in [7, 11) is 0. The van der Waals surface area contributed by atoms with Crippen LogP contribution in [0.3, 0.4) is 0 Å². The molecule has 140 valence electrons. The number of aromatic hydroxyl groups is 1. The van der Waals surface area contributed by atoms with Crippen molar-refractivity contribution in [1.82, 2.24) is 20.0 Å². The van der Waals surface area contributed by atoms with Crippen molar-refractivity contribution in [1.29, 1.82) is 0 Å². The predicted octanol–water partition coefficient (Wildman–Crippen LogP) is 3.68. The zero-order chi connectivity index (χ0) is 18.5. The molecule has 2 aromatic heterocycles. The minimum absolute atomic E-state index is 0.320. The highest BCUT2D eigenvalue weighted by atomic mass is 16.5. The van der Waals surface area contributed by atoms with Gasteiger partial charge >= 0.3 is 0 Å². The molecule has 0 radical (unpaired) electrons. The highest BCUT2D eigenvalue weighted by Gasteiger charge is 2.21. The maximum Gasteiger partial charge on any atom is 0.226 e. The third-order valence-corrected chi connectivity index (χ3v) is 5.10. The second-order valence-corrected chi connectivity index (χ2v) is 7.20. The van der Waals surface area contributed by atoms with Gasteiger partial charge in [0.15, 0.2) is 0 Å². The summed E-state index contributed by atoms with van der Waals surface area (Å²) in [5, 5.41) is 13.5. The maximum absolute atomic E-state index is 9.42. The molecule has 4 rings (SSSR count). The highest BCUT2D eigenvalue weighted by molar-refractivity contribution is 5.51. The second-order valence-electron chi connectivity index (χ2n) is 7.20. The number of hydrogen-bond donors (Lipinski definition) is 1. The fourth-order valence-electron chi connectivity index (χ4n) is 3.69. The number of hydrogen-bond acceptors (Lipinski definition) is 6. The third-order valence-electron chi connectivity index (χ3n) is 5.10. The molecular formula is C21H24N4O2. The standard InChI is InChI=1S/C21H24N4O2/c26-19-8-5-17(6-9-19)15-25-12-2-3-16(14-25)7-10-20-23-21(24-27-20)18-4-1-11-22-13-18/h1,4-6,8-9,11,13,16,26H,2-3,7,10,12,14-15H2. The van der Waals surface area contributed by atoms with Crippen molar-refractivity contribution in [2.45, 2.75) is 32.2 Å². The quantitative estimate of drug-likeness (QED) is 0.719. The van der Waals surface area contributed by atoms with E-state index in [-0.39, 0.29) is 0 Å². The monoisotopic (exact) mass is 364 g/mol. The van der Waals surface area contributed by atoms with Crippen molar-refractivity contribution in [2.24, 2.45) is 5.92 Å². The lowest BCUT2D eigenvalue weighted by molar-refractivity contribution is 0.160. The van der Waals surface area contributed by atoms with E-state index in [2.05, 4.69) is 20.0 Å². The third kappa shape index (κ3) is 4.71. The fourth-order valence-corrected chi connectivity index (χ4v) is 3.69. The molecule has 3 aromatic rings. The summed E-state index contributed by atoms with van der Waals surface area (Å²) < 4.78 is 5.42. The zero-order valence-electron chi connectivity index (χ0n) is 15.3. The van der Waals surface area contributed by atoms with Crippen molar-refractivity contribution >= 4 is 0 Å². The van der Waals surface area contributed by atoms with Gasteiger partial charge in [0.1, 0.15) is 5.75 Å². The van der Waals surface area contributed by atoms with E-state index in [1.54, 1.807) is 24.5 Å². The van der Waals surface area contributed by atoms with Gasteiger partial charge in [-0.25, -0.2) is 0 Å². The van der Waals surface area contributed by atoms with Crippen LogP contribution in [0.15, 0.2) is 53.3 Å². The van der Waals surface area contributed by atoms with Gasteiger partial charge in [-0.2, -0.15) is 4.98 Å². The molecule has 0 saturated carbocycles. The molecule has 0 amide bonds. The minimum Gasteiger partial charge on any atom is -0.508 e. The minimum atomic E-state index is 0.320. The van der Waals surface area contributed by atoms with E-state index in [0.717, 1.165) is 38.0 Å². The largest absolute Gasteiger partial charge is 0.508 e. The van der Waals surface area contributed by atoms with E-state index in [9.17, 15) is 5.11 Å². The van der Waals surface area contributed by atoms with Crippen molar-refractivity contribution in [3.05, 3.63) is 60.2 Å². The molecule has 1 aromatic carbocycles. The van der Waals surface area contributed by atoms with Crippen LogP contribution in [0, 0.1) is 5.92 Å². The normalized spacial score (nSPS) is 17.9. The number of aryl methyl sites for hydroxylation is 1. The van der Waals surface area contributed by atoms with Gasteiger partial charge in [0, 0.05) is 37.5 Å². The number of likely N-dealkylation sites (tertiary alicyclic amines) is 1. The molecular weight excluding hydrogens is 340 g/mol. The Hall–Kier alpha value is -2.73. The van der Waals surface area contributed by atoms with Gasteiger partial charge in [-0.05, 0) is 61.6 Å². The van der Waals surface area contributed by atoms with Crippen LogP contribution in [0.2, 0.25) is 0 Å². The molecule has 0 bridgehead atoms. The molecule has 6 nitrogen and oxygen atoms in total. The number of benzene rings is 1. The van der Waals surface area contributed by atoms with Gasteiger partial charge in [-0.3, -0.25) is 9.88 Å². The molecule has 1 saturated heterocycles. The Balaban J connectivity index is 1.29. The van der Waals surface area contributed by atoms with E-state index < -0.39 is 0 Å². The predicted molar refractivity (Wildman–Crippen MR) is 102 cm³/mol. The van der Waals surface area contributed by atoms with E-state index in [1.807, 2.05) is 24.3 Å². The number of piperidine rings is 1. The van der Waals surface area contributed by atoms with Crippen LogP contribution in [0.1, 0.15) is 30.7 Å². The molecule has 27 heavy (non-hydrogen) atoms. The molecule has 3 heterocycles. The van der Waals surface area contributed by atoms with Crippen molar-refractivity contribution in [3.8, 4) is 17.1 Å². The van der Waals surface area contributed by atoms with Crippen LogP contribution in [-0.4, -0.2) is 38.2 Å². The summed E-state index contributed by atoms with van der Waals surface area (Å²) in [6, 6.07) is 11.3. The van der Waals surface area contributed by atoms with Crippen LogP contribution in [-0.2, 0) is 13.0 Å². The van der Waals surface area contributed by atoms with Crippen LogP contribution < -0.4 is 0 Å². The van der Waals surface area contributed by atoms with Crippen LogP contribution >= 0.6 is 0 Å². The van der Waals surface area contributed by atoms with Crippen molar-refractivity contribution in [3.63, 3.8) is 0 Å². The Morgan fingerprint density at radius 3 is 2.89 bits per heavy atom. The molecule has 1 unspecified atom stereocenters. The molecule has 1 N–H and O–H groups in total. The summed E-state index contributed by atoms with van der Waals surface area (Å²) in [6.07, 6.45) is 7.81. The Bertz CT molecular complexity index is 848. The average molecular weight is 364 g/mol. The lowest BCUT2D eigenvalue weighted by Gasteiger charge is -2.32. The summed E-state index contributed by atoms with van der Waals surface area (Å²) >= 11 is 0. The van der Waals surface area contributed by atoms with E-state index in [0.29, 0.717) is 23.4 Å². The number of aromatic nitrogens is 3. The smallest absolute Gasteiger partial charge is 0.226 e. The first-order valence-corrected chi connectivity index (χ1v) is 9.49. The Kier molecular flexibility index (Phi) is 5.44. The van der Waals surface area contributed by atoms with Gasteiger partial charge in [-0.1, -0.05) is 17.3 Å². The first-order valence-electron chi connectivity index (χ1n) is 9.49. The van der Waals surface area contributed by atoms with E-state index >= 15 is 0 Å². The van der Waals surface area contributed by atoms with Gasteiger partial charge < -0.3 is 9.63 Å². The first kappa shape index (κ1) is 17.7. The SMILES string of the molecule is Oc1ccc(CN2CCCC(CCc3nc(-c4cccnc4)no3)C2)cc1. The number of nitrogens with zero attached hydrogens (tertiary/aromatic N) is 4. The maximum atomic E-state index is 9.42. The highest BCUT2D eigenvalue weighted by Crippen LogP contribution is 2.24. The number of phenolic OH excluding ortho intramolecular Hbond substituents is 1. The number of phenols is 1. The molecule has 0 spiro atoms. The van der Waals surface area contributed by atoms with Gasteiger partial charge in [0.2, 0.25) is 11.7 Å². The number of rotatable bonds is 6. The van der Waals surface area contributed by atoms with E-state index in [1.165, 1.54) is 18.4 Å². The summed E-state index contributed by atoms with van der Waals surface area (Å²) in [5.41, 5.74) is 2.12. The van der Waals surface area contributed by atoms with Crippen molar-refractivity contribution < 1.29 is 9.63 Å². The lowest BCUT2D eigenvalue weighted by Crippen LogP contribution is -2.35. The van der Waals surface area contributed by atoms with Gasteiger partial charge in [0.05, 0.1) is 0 Å². The second kappa shape index (κ2) is 8.31. The summed E-state index contributed by atoms with van der Waals surface area (Å²) in [5.74, 6) is 2.27. The summed E-state index contributed by atoms with van der Waals surface area (Å²) in [4.78, 5) is 11.1. The topological polar surface area (TPSA) is 75.3 Å². The molecule has 1 aliphatic rings. The van der Waals surface area contributed by atoms with Crippen LogP contribution in [0.5, 0.6) is 5.75 Å². The molecule has 0 aliphatic carbocycles. The van der Waals surface area contributed by atoms with Crippen LogP contribution in [0.25, 0.3) is 11.4 Å². The Morgan fingerprint density at radius 1 is 1.19 bits per heavy atom. The molecule has 1 atom stereocenters. The average Bonchev–Trinajstić information content (AvgIpc) is 3.18. The lowest BCUT2D eigenvalue weighted by atomic mass is 9.93. The Labute approximate surface area is 158 Å². The van der Waals surface area contributed by atoms with Crippen molar-refractivity contribution in [2.75, 3.05) is 13.1 Å². The summed E-state index contributed by atoms with van der Waals surface area (Å²) in [6.45, 7) is 3.15. The Morgan fingerprint density at radius 2 is 2.07 bits per heavy atom. The molecule has 1 aliphatic heterocycles. The first-order chi connectivity index (χ1) is 13.3. The fraction of sp³-hybridized carbons (Fsp3) is 0.381. The molecule has 6 heteroatoms. The molecule has 1 fully saturated rings. The van der Waals surface area contributed by atoms with Gasteiger partial charge in [0.25, 0.3) is 0 Å². The van der Waals surface area contributed by atoms with Gasteiger partial charge in [-0.15, -0.1) is 0 Å². The van der Waals surface area contributed by atoms with Crippen LogP contribution in [0.4, 0.5) is 0 Å². The number of pyridine rings is 1. The zero-order valence-corrected chi connectivity index (χ0v) is 15.3. The van der Waals surface area contributed by atoms with E-state index in [4.69, 9.17) is 4.52 Å².